The van der Waals surface area contributed by atoms with Crippen LogP contribution in [0.15, 0.2) is 41.3 Å². The van der Waals surface area contributed by atoms with E-state index in [0.29, 0.717) is 6.07 Å². The lowest BCUT2D eigenvalue weighted by molar-refractivity contribution is 0.101. The van der Waals surface area contributed by atoms with Gasteiger partial charge in [0.15, 0.2) is 5.78 Å². The van der Waals surface area contributed by atoms with Gasteiger partial charge in [0.05, 0.1) is 11.3 Å². The van der Waals surface area contributed by atoms with Gasteiger partial charge in [0, 0.05) is 11.0 Å². The average molecular weight is 300 g/mol. The van der Waals surface area contributed by atoms with Crippen LogP contribution in [0.1, 0.15) is 10.4 Å². The van der Waals surface area contributed by atoms with E-state index < -0.39 is 29.1 Å². The Morgan fingerprint density at radius 2 is 1.55 bits per heavy atom. The number of halogens is 4. The largest absolute Gasteiger partial charge is 0.293 e. The Morgan fingerprint density at radius 3 is 2.25 bits per heavy atom. The molecule has 0 bridgehead atoms. The van der Waals surface area contributed by atoms with Crippen molar-refractivity contribution in [1.82, 2.24) is 0 Å². The molecule has 2 aromatic rings. The molecule has 0 unspecified atom stereocenters. The Kier molecular flexibility index (Phi) is 4.44. The van der Waals surface area contributed by atoms with Gasteiger partial charge in [-0.15, -0.1) is 11.8 Å². The number of hydrogen-bond donors (Lipinski definition) is 0. The van der Waals surface area contributed by atoms with Crippen molar-refractivity contribution in [3.8, 4) is 0 Å². The SMILES string of the molecule is O=C(CSc1cc(F)ccc1F)c1ccc(F)cc1F. The predicted octanol–water partition coefficient (Wildman–Crippen LogP) is 4.22. The second-order valence-electron chi connectivity index (χ2n) is 3.91. The lowest BCUT2D eigenvalue weighted by Crippen LogP contribution is -2.06. The van der Waals surface area contributed by atoms with E-state index >= 15 is 0 Å². The predicted molar refractivity (Wildman–Crippen MR) is 67.8 cm³/mol. The molecule has 0 heterocycles. The van der Waals surface area contributed by atoms with Crippen LogP contribution in [0.3, 0.4) is 0 Å². The third-order valence-electron chi connectivity index (χ3n) is 2.48. The number of carbonyl (C=O) groups is 1. The summed E-state index contributed by atoms with van der Waals surface area (Å²) < 4.78 is 52.3. The minimum absolute atomic E-state index is 0.0409. The van der Waals surface area contributed by atoms with Crippen LogP contribution in [0, 0.1) is 23.3 Å². The number of rotatable bonds is 4. The maximum Gasteiger partial charge on any atom is 0.176 e. The number of thioether (sulfide) groups is 1. The molecule has 0 spiro atoms. The minimum atomic E-state index is -0.977. The standard InChI is InChI=1S/C14H8F4OS/c15-8-1-3-10(12(18)5-8)13(19)7-20-14-6-9(16)2-4-11(14)17/h1-6H,7H2. The molecule has 2 rings (SSSR count). The molecule has 0 aliphatic carbocycles. The van der Waals surface area contributed by atoms with Crippen molar-refractivity contribution >= 4 is 17.5 Å². The Balaban J connectivity index is 2.10. The van der Waals surface area contributed by atoms with Crippen LogP contribution in [-0.4, -0.2) is 11.5 Å². The van der Waals surface area contributed by atoms with Gasteiger partial charge in [-0.2, -0.15) is 0 Å². The number of ketones is 1. The van der Waals surface area contributed by atoms with Crippen molar-refractivity contribution < 1.29 is 22.4 Å². The van der Waals surface area contributed by atoms with Crippen LogP contribution in [0.25, 0.3) is 0 Å². The van der Waals surface area contributed by atoms with E-state index in [1.165, 1.54) is 0 Å². The molecule has 1 nitrogen and oxygen atoms in total. The molecule has 104 valence electrons. The zero-order chi connectivity index (χ0) is 14.7. The van der Waals surface area contributed by atoms with E-state index in [1.54, 1.807) is 0 Å². The van der Waals surface area contributed by atoms with Crippen molar-refractivity contribution in [3.63, 3.8) is 0 Å². The van der Waals surface area contributed by atoms with Crippen molar-refractivity contribution in [2.45, 2.75) is 4.90 Å². The fourth-order valence-corrected chi connectivity index (χ4v) is 2.37. The smallest absolute Gasteiger partial charge is 0.176 e. The Labute approximate surface area is 116 Å². The molecule has 6 heteroatoms. The number of hydrogen-bond acceptors (Lipinski definition) is 2. The highest BCUT2D eigenvalue weighted by Gasteiger charge is 2.14. The molecule has 0 aliphatic rings. The van der Waals surface area contributed by atoms with Gasteiger partial charge >= 0.3 is 0 Å². The van der Waals surface area contributed by atoms with Crippen LogP contribution in [-0.2, 0) is 0 Å². The number of benzene rings is 2. The third-order valence-corrected chi connectivity index (χ3v) is 3.51. The highest BCUT2D eigenvalue weighted by molar-refractivity contribution is 8.00. The second kappa shape index (κ2) is 6.09. The summed E-state index contributed by atoms with van der Waals surface area (Å²) in [5.41, 5.74) is -0.282. The van der Waals surface area contributed by atoms with E-state index in [4.69, 9.17) is 0 Å². The van der Waals surface area contributed by atoms with Crippen LogP contribution in [0.2, 0.25) is 0 Å². The summed E-state index contributed by atoms with van der Waals surface area (Å²) in [7, 11) is 0. The molecule has 2 aromatic carbocycles. The zero-order valence-corrected chi connectivity index (χ0v) is 10.8. The monoisotopic (exact) mass is 300 g/mol. The summed E-state index contributed by atoms with van der Waals surface area (Å²) in [6.07, 6.45) is 0. The van der Waals surface area contributed by atoms with Gasteiger partial charge in [-0.25, -0.2) is 17.6 Å². The first kappa shape index (κ1) is 14.6. The number of Topliss-reactive ketones (excluding diaryl/α,β-unsaturated/α-hetero) is 1. The minimum Gasteiger partial charge on any atom is -0.293 e. The molecular weight excluding hydrogens is 292 g/mol. The van der Waals surface area contributed by atoms with E-state index in [9.17, 15) is 22.4 Å². The topological polar surface area (TPSA) is 17.1 Å². The summed E-state index contributed by atoms with van der Waals surface area (Å²) in [5.74, 6) is -3.96. The third kappa shape index (κ3) is 3.39. The van der Waals surface area contributed by atoms with E-state index in [2.05, 4.69) is 0 Å². The molecular formula is C14H8F4OS. The zero-order valence-electron chi connectivity index (χ0n) is 10.00. The fraction of sp³-hybridized carbons (Fsp3) is 0.0714. The van der Waals surface area contributed by atoms with Gasteiger partial charge in [-0.05, 0) is 30.3 Å². The van der Waals surface area contributed by atoms with Crippen LogP contribution in [0.5, 0.6) is 0 Å². The quantitative estimate of drug-likeness (QED) is 0.478. The highest BCUT2D eigenvalue weighted by atomic mass is 32.2. The van der Waals surface area contributed by atoms with Crippen molar-refractivity contribution in [1.29, 1.82) is 0 Å². The summed E-state index contributed by atoms with van der Waals surface area (Å²) in [6.45, 7) is 0. The molecule has 0 radical (unpaired) electrons. The van der Waals surface area contributed by atoms with E-state index in [-0.39, 0.29) is 16.2 Å². The first-order chi connectivity index (χ1) is 9.47. The summed E-state index contributed by atoms with van der Waals surface area (Å²) in [5, 5.41) is 0. The Bertz CT molecular complexity index is 658. The van der Waals surface area contributed by atoms with Gasteiger partial charge in [-0.1, -0.05) is 0 Å². The molecule has 0 saturated heterocycles. The maximum atomic E-state index is 13.4. The highest BCUT2D eigenvalue weighted by Crippen LogP contribution is 2.24. The van der Waals surface area contributed by atoms with Crippen LogP contribution < -0.4 is 0 Å². The average Bonchev–Trinajstić information content (AvgIpc) is 2.39. The molecule has 0 amide bonds. The van der Waals surface area contributed by atoms with Crippen molar-refractivity contribution in [3.05, 3.63) is 65.2 Å². The second-order valence-corrected chi connectivity index (χ2v) is 4.93. The van der Waals surface area contributed by atoms with Gasteiger partial charge in [-0.3, -0.25) is 4.79 Å². The van der Waals surface area contributed by atoms with Crippen molar-refractivity contribution in [2.24, 2.45) is 0 Å². The van der Waals surface area contributed by atoms with Crippen LogP contribution in [0.4, 0.5) is 17.6 Å². The first-order valence-electron chi connectivity index (χ1n) is 5.53. The fourth-order valence-electron chi connectivity index (χ4n) is 1.52. The van der Waals surface area contributed by atoms with Gasteiger partial charge < -0.3 is 0 Å². The molecule has 0 fully saturated rings. The summed E-state index contributed by atoms with van der Waals surface area (Å²) >= 11 is 0.752. The first-order valence-corrected chi connectivity index (χ1v) is 6.52. The lowest BCUT2D eigenvalue weighted by atomic mass is 10.1. The Hall–Kier alpha value is -1.82. The summed E-state index contributed by atoms with van der Waals surface area (Å²) in [4.78, 5) is 11.7. The Morgan fingerprint density at radius 1 is 0.900 bits per heavy atom. The van der Waals surface area contributed by atoms with Gasteiger partial charge in [0.2, 0.25) is 0 Å². The number of carbonyl (C=O) groups excluding carboxylic acids is 1. The van der Waals surface area contributed by atoms with Crippen LogP contribution >= 0.6 is 11.8 Å². The lowest BCUT2D eigenvalue weighted by Gasteiger charge is -2.04. The van der Waals surface area contributed by atoms with E-state index in [0.717, 1.165) is 42.1 Å². The molecule has 0 aromatic heterocycles. The molecule has 0 aliphatic heterocycles. The van der Waals surface area contributed by atoms with E-state index in [1.807, 2.05) is 0 Å². The molecule has 0 saturated carbocycles. The maximum absolute atomic E-state index is 13.4. The van der Waals surface area contributed by atoms with Crippen molar-refractivity contribution in [2.75, 3.05) is 5.75 Å². The van der Waals surface area contributed by atoms with Gasteiger partial charge in [0.1, 0.15) is 23.3 Å². The normalized spacial score (nSPS) is 10.6. The molecule has 0 atom stereocenters. The summed E-state index contributed by atoms with van der Waals surface area (Å²) in [6, 6.07) is 5.44. The molecule has 20 heavy (non-hydrogen) atoms. The molecule has 0 N–H and O–H groups in total. The van der Waals surface area contributed by atoms with Gasteiger partial charge in [0.25, 0.3) is 0 Å².